The minimum absolute atomic E-state index is 0.0570. The molecule has 0 bridgehead atoms. The summed E-state index contributed by atoms with van der Waals surface area (Å²) in [6, 6.07) is -0.0596. The van der Waals surface area contributed by atoms with Crippen LogP contribution in [0, 0.1) is 0 Å². The summed E-state index contributed by atoms with van der Waals surface area (Å²) < 4.78 is 109. The van der Waals surface area contributed by atoms with Crippen molar-refractivity contribution in [2.75, 3.05) is 43.1 Å². The predicted octanol–water partition coefficient (Wildman–Crippen LogP) is 2.21. The van der Waals surface area contributed by atoms with Gasteiger partial charge in [0.15, 0.2) is 6.04 Å². The van der Waals surface area contributed by atoms with E-state index in [1.54, 1.807) is 0 Å². The predicted molar refractivity (Wildman–Crippen MR) is 99.9 cm³/mol. The standard InChI is InChI=1S/C18H18F8N4O4/c19-14(20)10-5-9(1-2-11(10)30-3-4-34-6-12(30)31)28-16(33)13(15(27)32)29(7-17(21,22)23)8-18(24,25)26/h1-2,5,13-14H,3-4,6-8H2,(H2,27,32)(H,28,33)/t13-/m0/s1. The van der Waals surface area contributed by atoms with Crippen LogP contribution in [-0.4, -0.2) is 73.9 Å². The number of hydrogen-bond acceptors (Lipinski definition) is 5. The molecule has 3 amide bonds. The highest BCUT2D eigenvalue weighted by molar-refractivity contribution is 6.09. The van der Waals surface area contributed by atoms with E-state index in [1.165, 1.54) is 0 Å². The fourth-order valence-electron chi connectivity index (χ4n) is 3.21. The number of ether oxygens (including phenoxy) is 1. The third-order valence-corrected chi connectivity index (χ3v) is 4.45. The van der Waals surface area contributed by atoms with Gasteiger partial charge in [-0.1, -0.05) is 0 Å². The van der Waals surface area contributed by atoms with Crippen molar-refractivity contribution in [3.8, 4) is 0 Å². The van der Waals surface area contributed by atoms with Crippen molar-refractivity contribution in [3.05, 3.63) is 23.8 Å². The number of carbonyl (C=O) groups is 3. The Balaban J connectivity index is 2.35. The number of anilines is 2. The molecule has 1 fully saturated rings. The second-order valence-electron chi connectivity index (χ2n) is 7.10. The zero-order chi connectivity index (χ0) is 25.8. The quantitative estimate of drug-likeness (QED) is 0.416. The van der Waals surface area contributed by atoms with Gasteiger partial charge in [-0.25, -0.2) is 8.78 Å². The van der Waals surface area contributed by atoms with Crippen LogP contribution in [0.4, 0.5) is 46.5 Å². The van der Waals surface area contributed by atoms with Crippen LogP contribution in [-0.2, 0) is 19.1 Å². The number of primary amides is 1. The minimum Gasteiger partial charge on any atom is -0.370 e. The number of nitrogens with one attached hydrogen (secondary N) is 1. The van der Waals surface area contributed by atoms with E-state index in [4.69, 9.17) is 10.5 Å². The number of benzene rings is 1. The molecule has 0 radical (unpaired) electrons. The summed E-state index contributed by atoms with van der Waals surface area (Å²) in [5.41, 5.74) is 3.42. The number of nitrogens with zero attached hydrogens (tertiary/aromatic N) is 2. The van der Waals surface area contributed by atoms with Crippen LogP contribution >= 0.6 is 0 Å². The maximum atomic E-state index is 13.6. The van der Waals surface area contributed by atoms with Crippen LogP contribution in [0.3, 0.4) is 0 Å². The SMILES string of the molecule is NC(=O)[C@@H](C(=O)Nc1ccc(N2CCOCC2=O)c(C(F)F)c1)N(CC(F)(F)F)CC(F)(F)F. The lowest BCUT2D eigenvalue weighted by Gasteiger charge is -2.30. The van der Waals surface area contributed by atoms with Crippen molar-refractivity contribution >= 4 is 29.1 Å². The summed E-state index contributed by atoms with van der Waals surface area (Å²) in [5, 5.41) is 1.83. The van der Waals surface area contributed by atoms with Crippen LogP contribution in [0.5, 0.6) is 0 Å². The van der Waals surface area contributed by atoms with Gasteiger partial charge in [0.25, 0.3) is 18.2 Å². The molecule has 0 unspecified atom stereocenters. The van der Waals surface area contributed by atoms with Gasteiger partial charge in [-0.3, -0.25) is 19.3 Å². The first-order valence-electron chi connectivity index (χ1n) is 9.37. The van der Waals surface area contributed by atoms with E-state index in [-0.39, 0.29) is 25.4 Å². The number of amides is 3. The highest BCUT2D eigenvalue weighted by Crippen LogP contribution is 2.33. The largest absolute Gasteiger partial charge is 0.401 e. The van der Waals surface area contributed by atoms with E-state index < -0.39 is 71.8 Å². The maximum absolute atomic E-state index is 13.6. The van der Waals surface area contributed by atoms with Crippen molar-refractivity contribution in [1.29, 1.82) is 0 Å². The minimum atomic E-state index is -5.23. The van der Waals surface area contributed by atoms with Crippen LogP contribution < -0.4 is 16.0 Å². The number of alkyl halides is 8. The number of hydrogen-bond donors (Lipinski definition) is 2. The van der Waals surface area contributed by atoms with E-state index in [1.807, 2.05) is 5.32 Å². The van der Waals surface area contributed by atoms with E-state index in [0.29, 0.717) is 6.07 Å². The first-order valence-corrected chi connectivity index (χ1v) is 9.37. The average Bonchev–Trinajstić information content (AvgIpc) is 2.65. The van der Waals surface area contributed by atoms with E-state index >= 15 is 0 Å². The lowest BCUT2D eigenvalue weighted by atomic mass is 10.1. The van der Waals surface area contributed by atoms with Gasteiger partial charge < -0.3 is 20.7 Å². The molecule has 0 saturated carbocycles. The van der Waals surface area contributed by atoms with Crippen molar-refractivity contribution in [2.24, 2.45) is 5.73 Å². The molecule has 1 heterocycles. The summed E-state index contributed by atoms with van der Waals surface area (Å²) in [4.78, 5) is 36.5. The van der Waals surface area contributed by atoms with Gasteiger partial charge in [-0.15, -0.1) is 0 Å². The Morgan fingerprint density at radius 2 is 1.71 bits per heavy atom. The van der Waals surface area contributed by atoms with Crippen LogP contribution in [0.15, 0.2) is 18.2 Å². The molecule has 1 aliphatic rings. The van der Waals surface area contributed by atoms with Gasteiger partial charge >= 0.3 is 12.4 Å². The molecule has 1 aromatic rings. The second kappa shape index (κ2) is 10.5. The highest BCUT2D eigenvalue weighted by Gasteiger charge is 2.44. The molecular weight excluding hydrogens is 488 g/mol. The first kappa shape index (κ1) is 27.2. The van der Waals surface area contributed by atoms with E-state index in [9.17, 15) is 49.5 Å². The maximum Gasteiger partial charge on any atom is 0.401 e. The number of nitrogens with two attached hydrogens (primary N) is 1. The van der Waals surface area contributed by atoms with E-state index in [2.05, 4.69) is 0 Å². The Labute approximate surface area is 186 Å². The highest BCUT2D eigenvalue weighted by atomic mass is 19.4. The molecular formula is C18H18F8N4O4. The zero-order valence-corrected chi connectivity index (χ0v) is 17.1. The molecule has 0 aromatic heterocycles. The van der Waals surface area contributed by atoms with Crippen LogP contribution in [0.1, 0.15) is 12.0 Å². The van der Waals surface area contributed by atoms with Gasteiger partial charge in [0.1, 0.15) is 6.61 Å². The van der Waals surface area contributed by atoms with Crippen molar-refractivity contribution in [2.45, 2.75) is 24.8 Å². The van der Waals surface area contributed by atoms with Gasteiger partial charge in [0, 0.05) is 17.8 Å². The molecule has 3 N–H and O–H groups in total. The van der Waals surface area contributed by atoms with Crippen molar-refractivity contribution < 1.29 is 54.2 Å². The molecule has 0 spiro atoms. The fourth-order valence-corrected chi connectivity index (χ4v) is 3.21. The fraction of sp³-hybridized carbons (Fsp3) is 0.500. The molecule has 8 nitrogen and oxygen atoms in total. The Hall–Kier alpha value is -3.01. The lowest BCUT2D eigenvalue weighted by Crippen LogP contribution is -2.56. The molecule has 1 aliphatic heterocycles. The Morgan fingerprint density at radius 3 is 2.18 bits per heavy atom. The lowest BCUT2D eigenvalue weighted by molar-refractivity contribution is -0.187. The van der Waals surface area contributed by atoms with Gasteiger partial charge in [-0.05, 0) is 18.2 Å². The van der Waals surface area contributed by atoms with Crippen molar-refractivity contribution in [1.82, 2.24) is 4.90 Å². The molecule has 16 heteroatoms. The first-order chi connectivity index (χ1) is 15.6. The van der Waals surface area contributed by atoms with Crippen LogP contribution in [0.25, 0.3) is 0 Å². The normalized spacial score (nSPS) is 16.2. The Morgan fingerprint density at radius 1 is 1.12 bits per heavy atom. The summed E-state index contributed by atoms with van der Waals surface area (Å²) in [7, 11) is 0. The molecule has 0 aliphatic carbocycles. The summed E-state index contributed by atoms with van der Waals surface area (Å²) >= 11 is 0. The topological polar surface area (TPSA) is 105 Å². The van der Waals surface area contributed by atoms with Gasteiger partial charge in [0.2, 0.25) is 5.91 Å². The van der Waals surface area contributed by atoms with Crippen LogP contribution in [0.2, 0.25) is 0 Å². The van der Waals surface area contributed by atoms with Gasteiger partial charge in [-0.2, -0.15) is 26.3 Å². The number of rotatable bonds is 8. The molecule has 1 aromatic carbocycles. The Bertz CT molecular complexity index is 906. The van der Waals surface area contributed by atoms with E-state index in [0.717, 1.165) is 17.0 Å². The Kier molecular flexibility index (Phi) is 8.41. The second-order valence-corrected chi connectivity index (χ2v) is 7.10. The molecule has 1 saturated heterocycles. The summed E-state index contributed by atoms with van der Waals surface area (Å²) in [5.74, 6) is -4.15. The zero-order valence-electron chi connectivity index (χ0n) is 17.1. The summed E-state index contributed by atoms with van der Waals surface area (Å²) in [6.45, 7) is -4.96. The summed E-state index contributed by atoms with van der Waals surface area (Å²) in [6.07, 6.45) is -13.6. The van der Waals surface area contributed by atoms with Gasteiger partial charge in [0.05, 0.1) is 25.4 Å². The molecule has 190 valence electrons. The molecule has 2 rings (SSSR count). The average molecular weight is 506 g/mol. The molecule has 1 atom stereocenters. The van der Waals surface area contributed by atoms with Crippen molar-refractivity contribution in [3.63, 3.8) is 0 Å². The smallest absolute Gasteiger partial charge is 0.370 e. The number of morpholine rings is 1. The third kappa shape index (κ3) is 7.51. The molecule has 34 heavy (non-hydrogen) atoms. The number of carbonyl (C=O) groups excluding carboxylic acids is 3. The number of halogens is 8. The monoisotopic (exact) mass is 506 g/mol. The third-order valence-electron chi connectivity index (χ3n) is 4.45.